The molecule has 0 aromatic carbocycles. The van der Waals surface area contributed by atoms with Crippen molar-refractivity contribution in [2.24, 2.45) is 5.92 Å². The number of rotatable bonds is 5. The molecule has 0 aliphatic rings. The second-order valence-electron chi connectivity index (χ2n) is 4.38. The van der Waals surface area contributed by atoms with E-state index in [1.165, 1.54) is 0 Å². The fourth-order valence-corrected chi connectivity index (χ4v) is 1.44. The summed E-state index contributed by atoms with van der Waals surface area (Å²) in [6.45, 7) is 4.81. The first-order valence-electron chi connectivity index (χ1n) is 5.70. The van der Waals surface area contributed by atoms with E-state index in [4.69, 9.17) is 5.73 Å². The number of carbonyl (C=O) groups excluding carboxylic acids is 1. The van der Waals surface area contributed by atoms with Crippen LogP contribution in [0.2, 0.25) is 0 Å². The third-order valence-corrected chi connectivity index (χ3v) is 2.37. The van der Waals surface area contributed by atoms with Crippen molar-refractivity contribution in [1.82, 2.24) is 10.3 Å². The van der Waals surface area contributed by atoms with Crippen molar-refractivity contribution in [3.63, 3.8) is 0 Å². The molecule has 0 aliphatic carbocycles. The predicted molar refractivity (Wildman–Crippen MR) is 65.0 cm³/mol. The monoisotopic (exact) mass is 239 g/mol. The van der Waals surface area contributed by atoms with Gasteiger partial charge in [0.15, 0.2) is 0 Å². The molecule has 0 aliphatic heterocycles. The molecule has 0 bridgehead atoms. The molecule has 0 spiro atoms. The number of nitrogen functional groups attached to an aromatic ring is 1. The second kappa shape index (κ2) is 6.18. The average molecular weight is 239 g/mol. The molecule has 17 heavy (non-hydrogen) atoms. The summed E-state index contributed by atoms with van der Waals surface area (Å²) in [5.41, 5.74) is 5.60. The van der Waals surface area contributed by atoms with Gasteiger partial charge in [0.1, 0.15) is 11.6 Å². The lowest BCUT2D eigenvalue weighted by molar-refractivity contribution is 0.0952. The number of amides is 1. The highest BCUT2D eigenvalue weighted by Gasteiger charge is 2.11. The highest BCUT2D eigenvalue weighted by atomic mass is 19.1. The van der Waals surface area contributed by atoms with E-state index in [1.807, 2.05) is 0 Å². The van der Waals surface area contributed by atoms with Crippen LogP contribution in [0.15, 0.2) is 12.3 Å². The summed E-state index contributed by atoms with van der Waals surface area (Å²) in [5.74, 6) is -0.287. The molecule has 1 aromatic heterocycles. The molecule has 0 unspecified atom stereocenters. The Balaban J connectivity index is 2.49. The Kier molecular flexibility index (Phi) is 4.87. The standard InChI is InChI=1S/C12H18FN3O/c1-8(2)4-3-5-15-12(17)10-6-9(13)7-16-11(10)14/h6-8H,3-5H2,1-2H3,(H2,14,16)(H,15,17). The summed E-state index contributed by atoms with van der Waals surface area (Å²) >= 11 is 0. The topological polar surface area (TPSA) is 68.0 Å². The maximum atomic E-state index is 12.9. The van der Waals surface area contributed by atoms with Crippen molar-refractivity contribution in [3.8, 4) is 0 Å². The Hall–Kier alpha value is -1.65. The van der Waals surface area contributed by atoms with Crippen LogP contribution in [0.5, 0.6) is 0 Å². The van der Waals surface area contributed by atoms with Crippen molar-refractivity contribution in [1.29, 1.82) is 0 Å². The fraction of sp³-hybridized carbons (Fsp3) is 0.500. The van der Waals surface area contributed by atoms with Gasteiger partial charge in [-0.25, -0.2) is 9.37 Å². The zero-order valence-electron chi connectivity index (χ0n) is 10.2. The molecule has 1 amide bonds. The minimum atomic E-state index is -0.563. The van der Waals surface area contributed by atoms with Crippen LogP contribution in [-0.2, 0) is 0 Å². The van der Waals surface area contributed by atoms with Gasteiger partial charge in [0.05, 0.1) is 11.8 Å². The Bertz CT molecular complexity index is 393. The second-order valence-corrected chi connectivity index (χ2v) is 4.38. The van der Waals surface area contributed by atoms with E-state index in [-0.39, 0.29) is 17.3 Å². The number of nitrogens with two attached hydrogens (primary N) is 1. The van der Waals surface area contributed by atoms with E-state index in [2.05, 4.69) is 24.1 Å². The van der Waals surface area contributed by atoms with E-state index < -0.39 is 5.82 Å². The fourth-order valence-electron chi connectivity index (χ4n) is 1.44. The molecule has 0 saturated heterocycles. The van der Waals surface area contributed by atoms with E-state index in [1.54, 1.807) is 0 Å². The minimum Gasteiger partial charge on any atom is -0.383 e. The van der Waals surface area contributed by atoms with Crippen molar-refractivity contribution in [3.05, 3.63) is 23.6 Å². The summed E-state index contributed by atoms with van der Waals surface area (Å²) in [7, 11) is 0. The zero-order chi connectivity index (χ0) is 12.8. The van der Waals surface area contributed by atoms with Crippen LogP contribution in [0.3, 0.4) is 0 Å². The van der Waals surface area contributed by atoms with Gasteiger partial charge in [-0.05, 0) is 24.8 Å². The molecule has 0 atom stereocenters. The highest BCUT2D eigenvalue weighted by molar-refractivity contribution is 5.98. The number of pyridine rings is 1. The number of aromatic nitrogens is 1. The molecule has 5 heteroatoms. The largest absolute Gasteiger partial charge is 0.383 e. The summed E-state index contributed by atoms with van der Waals surface area (Å²) in [4.78, 5) is 15.3. The number of nitrogens with zero attached hydrogens (tertiary/aromatic N) is 1. The molecule has 1 heterocycles. The Morgan fingerprint density at radius 3 is 2.94 bits per heavy atom. The molecule has 94 valence electrons. The number of halogens is 1. The SMILES string of the molecule is CC(C)CCCNC(=O)c1cc(F)cnc1N. The van der Waals surface area contributed by atoms with Crippen LogP contribution in [-0.4, -0.2) is 17.4 Å². The van der Waals surface area contributed by atoms with Gasteiger partial charge in [0.25, 0.3) is 5.91 Å². The van der Waals surface area contributed by atoms with Crippen molar-refractivity contribution < 1.29 is 9.18 Å². The number of anilines is 1. The van der Waals surface area contributed by atoms with E-state index >= 15 is 0 Å². The van der Waals surface area contributed by atoms with Crippen molar-refractivity contribution in [2.45, 2.75) is 26.7 Å². The molecule has 0 radical (unpaired) electrons. The smallest absolute Gasteiger partial charge is 0.255 e. The van der Waals surface area contributed by atoms with Crippen LogP contribution in [0, 0.1) is 11.7 Å². The van der Waals surface area contributed by atoms with Crippen LogP contribution in [0.4, 0.5) is 10.2 Å². The quantitative estimate of drug-likeness (QED) is 0.772. The Labute approximate surface area is 100 Å². The van der Waals surface area contributed by atoms with E-state index in [0.29, 0.717) is 12.5 Å². The van der Waals surface area contributed by atoms with Gasteiger partial charge in [-0.1, -0.05) is 13.8 Å². The van der Waals surface area contributed by atoms with Crippen LogP contribution >= 0.6 is 0 Å². The van der Waals surface area contributed by atoms with Gasteiger partial charge in [0.2, 0.25) is 0 Å². The van der Waals surface area contributed by atoms with E-state index in [0.717, 1.165) is 25.1 Å². The Morgan fingerprint density at radius 2 is 2.29 bits per heavy atom. The Morgan fingerprint density at radius 1 is 1.59 bits per heavy atom. The third kappa shape index (κ3) is 4.38. The lowest BCUT2D eigenvalue weighted by Crippen LogP contribution is -2.26. The molecule has 1 aromatic rings. The highest BCUT2D eigenvalue weighted by Crippen LogP contribution is 2.09. The zero-order valence-corrected chi connectivity index (χ0v) is 10.2. The molecular formula is C12H18FN3O. The van der Waals surface area contributed by atoms with Crippen LogP contribution in [0.1, 0.15) is 37.0 Å². The van der Waals surface area contributed by atoms with Gasteiger partial charge in [-0.15, -0.1) is 0 Å². The number of hydrogen-bond donors (Lipinski definition) is 2. The molecule has 1 rings (SSSR count). The number of carbonyl (C=O) groups is 1. The van der Waals surface area contributed by atoms with Crippen molar-refractivity contribution in [2.75, 3.05) is 12.3 Å². The summed E-state index contributed by atoms with van der Waals surface area (Å²) in [6.07, 6.45) is 2.92. The van der Waals surface area contributed by atoms with Crippen LogP contribution < -0.4 is 11.1 Å². The summed E-state index contributed by atoms with van der Waals surface area (Å²) < 4.78 is 12.9. The molecule has 0 saturated carbocycles. The first-order valence-corrected chi connectivity index (χ1v) is 5.70. The van der Waals surface area contributed by atoms with Gasteiger partial charge < -0.3 is 11.1 Å². The summed E-state index contributed by atoms with van der Waals surface area (Å²) in [6, 6.07) is 1.10. The minimum absolute atomic E-state index is 0.0489. The van der Waals surface area contributed by atoms with Crippen LogP contribution in [0.25, 0.3) is 0 Å². The average Bonchev–Trinajstić information content (AvgIpc) is 2.27. The van der Waals surface area contributed by atoms with Gasteiger partial charge in [-0.3, -0.25) is 4.79 Å². The lowest BCUT2D eigenvalue weighted by atomic mass is 10.1. The maximum Gasteiger partial charge on any atom is 0.255 e. The van der Waals surface area contributed by atoms with Gasteiger partial charge in [-0.2, -0.15) is 0 Å². The first-order chi connectivity index (χ1) is 8.00. The molecule has 3 N–H and O–H groups in total. The van der Waals surface area contributed by atoms with Crippen molar-refractivity contribution >= 4 is 11.7 Å². The molecule has 4 nitrogen and oxygen atoms in total. The number of nitrogens with one attached hydrogen (secondary N) is 1. The third-order valence-electron chi connectivity index (χ3n) is 2.37. The lowest BCUT2D eigenvalue weighted by Gasteiger charge is -2.08. The summed E-state index contributed by atoms with van der Waals surface area (Å²) in [5, 5.41) is 2.70. The molecule has 0 fully saturated rings. The van der Waals surface area contributed by atoms with Gasteiger partial charge >= 0.3 is 0 Å². The molecular weight excluding hydrogens is 221 g/mol. The van der Waals surface area contributed by atoms with E-state index in [9.17, 15) is 9.18 Å². The van der Waals surface area contributed by atoms with Gasteiger partial charge in [0, 0.05) is 6.54 Å². The maximum absolute atomic E-state index is 12.9. The predicted octanol–water partition coefficient (Wildman–Crippen LogP) is 1.97. The normalized spacial score (nSPS) is 10.6. The number of hydrogen-bond acceptors (Lipinski definition) is 3. The first kappa shape index (κ1) is 13.4.